The van der Waals surface area contributed by atoms with Crippen LogP contribution in [-0.2, 0) is 22.6 Å². The van der Waals surface area contributed by atoms with E-state index in [1.54, 1.807) is 7.11 Å². The van der Waals surface area contributed by atoms with Gasteiger partial charge in [-0.2, -0.15) is 5.10 Å². The Labute approximate surface area is 210 Å². The molecule has 1 aliphatic carbocycles. The van der Waals surface area contributed by atoms with Gasteiger partial charge in [0.25, 0.3) is 0 Å². The summed E-state index contributed by atoms with van der Waals surface area (Å²) in [6.45, 7) is 13.9. The third kappa shape index (κ3) is 7.04. The van der Waals surface area contributed by atoms with Gasteiger partial charge in [0, 0.05) is 50.1 Å². The van der Waals surface area contributed by atoms with Crippen molar-refractivity contribution in [3.63, 3.8) is 0 Å². The number of morpholine rings is 1. The summed E-state index contributed by atoms with van der Waals surface area (Å²) in [6, 6.07) is 0. The van der Waals surface area contributed by atoms with Gasteiger partial charge in [-0.3, -0.25) is 9.58 Å². The van der Waals surface area contributed by atoms with Gasteiger partial charge < -0.3 is 20.1 Å². The van der Waals surface area contributed by atoms with Crippen molar-refractivity contribution in [1.82, 2.24) is 25.3 Å². The Hall–Kier alpha value is -0.910. The molecule has 2 aliphatic rings. The predicted octanol–water partition coefficient (Wildman–Crippen LogP) is 2.85. The molecule has 0 atom stereocenters. The zero-order valence-electron chi connectivity index (χ0n) is 20.4. The van der Waals surface area contributed by atoms with Crippen LogP contribution in [0.5, 0.6) is 0 Å². The van der Waals surface area contributed by atoms with E-state index in [4.69, 9.17) is 14.5 Å². The fourth-order valence-electron chi connectivity index (χ4n) is 4.96. The van der Waals surface area contributed by atoms with Crippen LogP contribution in [0.15, 0.2) is 4.99 Å². The fraction of sp³-hybridized carbons (Fsp3) is 0.826. The number of hydrogen-bond acceptors (Lipinski definition) is 5. The molecule has 0 spiro atoms. The largest absolute Gasteiger partial charge is 0.383 e. The highest BCUT2D eigenvalue weighted by molar-refractivity contribution is 14.0. The Bertz CT molecular complexity index is 712. The van der Waals surface area contributed by atoms with Crippen molar-refractivity contribution in [3.05, 3.63) is 17.0 Å². The van der Waals surface area contributed by atoms with Gasteiger partial charge in [0.2, 0.25) is 0 Å². The van der Waals surface area contributed by atoms with E-state index in [2.05, 4.69) is 41.4 Å². The quantitative estimate of drug-likeness (QED) is 0.274. The van der Waals surface area contributed by atoms with Crippen molar-refractivity contribution in [1.29, 1.82) is 0 Å². The van der Waals surface area contributed by atoms with Gasteiger partial charge >= 0.3 is 0 Å². The lowest BCUT2D eigenvalue weighted by Crippen LogP contribution is -2.60. The van der Waals surface area contributed by atoms with Crippen LogP contribution in [0.3, 0.4) is 0 Å². The van der Waals surface area contributed by atoms with Crippen LogP contribution in [0.2, 0.25) is 0 Å². The maximum Gasteiger partial charge on any atom is 0.191 e. The Morgan fingerprint density at radius 1 is 1.16 bits per heavy atom. The van der Waals surface area contributed by atoms with Crippen molar-refractivity contribution in [2.24, 2.45) is 4.99 Å². The molecule has 1 saturated heterocycles. The molecule has 1 aromatic rings. The Morgan fingerprint density at radius 3 is 2.53 bits per heavy atom. The average molecular weight is 563 g/mol. The van der Waals surface area contributed by atoms with Crippen LogP contribution in [0.4, 0.5) is 0 Å². The summed E-state index contributed by atoms with van der Waals surface area (Å²) in [5.41, 5.74) is 3.64. The van der Waals surface area contributed by atoms with Gasteiger partial charge in [-0.25, -0.2) is 4.99 Å². The number of rotatable bonds is 9. The molecule has 3 rings (SSSR count). The molecule has 0 radical (unpaired) electrons. The van der Waals surface area contributed by atoms with Crippen molar-refractivity contribution < 1.29 is 9.47 Å². The monoisotopic (exact) mass is 562 g/mol. The van der Waals surface area contributed by atoms with Crippen LogP contribution in [0.25, 0.3) is 0 Å². The number of halogens is 1. The first kappa shape index (κ1) is 27.3. The third-order valence-electron chi connectivity index (χ3n) is 6.83. The summed E-state index contributed by atoms with van der Waals surface area (Å²) < 4.78 is 12.9. The van der Waals surface area contributed by atoms with Crippen LogP contribution in [0, 0.1) is 13.8 Å². The molecule has 2 N–H and O–H groups in total. The second kappa shape index (κ2) is 13.7. The molecule has 1 aliphatic heterocycles. The van der Waals surface area contributed by atoms with E-state index in [1.807, 2.05) is 4.68 Å². The molecule has 9 heteroatoms. The number of ether oxygens (including phenoxy) is 2. The molecule has 0 bridgehead atoms. The SMILES string of the molecule is CCNC(=NCc1c(C)nn(CCOC)c1C)NCC1(N2CCOCC2)CCCCC1.I. The van der Waals surface area contributed by atoms with Gasteiger partial charge in [-0.15, -0.1) is 24.0 Å². The number of methoxy groups -OCH3 is 1. The zero-order chi connectivity index (χ0) is 22.1. The minimum atomic E-state index is 0. The molecule has 1 saturated carbocycles. The summed E-state index contributed by atoms with van der Waals surface area (Å²) in [7, 11) is 1.72. The minimum absolute atomic E-state index is 0. The first-order valence-electron chi connectivity index (χ1n) is 12.0. The summed E-state index contributed by atoms with van der Waals surface area (Å²) in [5, 5.41) is 11.8. The third-order valence-corrected chi connectivity index (χ3v) is 6.83. The van der Waals surface area contributed by atoms with Gasteiger partial charge in [0.1, 0.15) is 0 Å². The number of aromatic nitrogens is 2. The first-order valence-corrected chi connectivity index (χ1v) is 12.0. The second-order valence-electron chi connectivity index (χ2n) is 8.80. The summed E-state index contributed by atoms with van der Waals surface area (Å²) in [4.78, 5) is 7.59. The predicted molar refractivity (Wildman–Crippen MR) is 140 cm³/mol. The highest BCUT2D eigenvalue weighted by Crippen LogP contribution is 2.33. The smallest absolute Gasteiger partial charge is 0.191 e. The first-order chi connectivity index (χ1) is 15.1. The zero-order valence-corrected chi connectivity index (χ0v) is 22.7. The van der Waals surface area contributed by atoms with Gasteiger partial charge in [-0.05, 0) is 33.6 Å². The normalized spacial score (nSPS) is 19.4. The molecule has 0 amide bonds. The van der Waals surface area contributed by atoms with E-state index in [1.165, 1.54) is 43.4 Å². The summed E-state index contributed by atoms with van der Waals surface area (Å²) >= 11 is 0. The van der Waals surface area contributed by atoms with E-state index in [9.17, 15) is 0 Å². The second-order valence-corrected chi connectivity index (χ2v) is 8.80. The van der Waals surface area contributed by atoms with Crippen LogP contribution >= 0.6 is 24.0 Å². The molecular weight excluding hydrogens is 519 g/mol. The number of guanidine groups is 1. The average Bonchev–Trinajstić information content (AvgIpc) is 3.08. The van der Waals surface area contributed by atoms with Crippen molar-refractivity contribution in [2.45, 2.75) is 71.5 Å². The van der Waals surface area contributed by atoms with Crippen molar-refractivity contribution in [3.8, 4) is 0 Å². The molecule has 0 aromatic carbocycles. The van der Waals surface area contributed by atoms with E-state index in [0.717, 1.165) is 57.6 Å². The van der Waals surface area contributed by atoms with E-state index in [-0.39, 0.29) is 29.5 Å². The Morgan fingerprint density at radius 2 is 1.88 bits per heavy atom. The van der Waals surface area contributed by atoms with Crippen LogP contribution in [0.1, 0.15) is 56.0 Å². The van der Waals surface area contributed by atoms with Gasteiger partial charge in [-0.1, -0.05) is 19.3 Å². The molecule has 8 nitrogen and oxygen atoms in total. The van der Waals surface area contributed by atoms with E-state index in [0.29, 0.717) is 13.2 Å². The van der Waals surface area contributed by atoms with Crippen molar-refractivity contribution >= 4 is 29.9 Å². The van der Waals surface area contributed by atoms with Crippen LogP contribution in [-0.4, -0.2) is 79.3 Å². The lowest BCUT2D eigenvalue weighted by Gasteiger charge is -2.48. The molecule has 2 heterocycles. The maximum atomic E-state index is 5.62. The fourth-order valence-corrected chi connectivity index (χ4v) is 4.96. The topological polar surface area (TPSA) is 75.9 Å². The van der Waals surface area contributed by atoms with Crippen molar-refractivity contribution in [2.75, 3.05) is 53.1 Å². The highest BCUT2D eigenvalue weighted by Gasteiger charge is 2.38. The lowest BCUT2D eigenvalue weighted by molar-refractivity contribution is -0.0352. The highest BCUT2D eigenvalue weighted by atomic mass is 127. The summed E-state index contributed by atoms with van der Waals surface area (Å²) in [6.07, 6.45) is 6.48. The Kier molecular flexibility index (Phi) is 11.7. The Balaban J connectivity index is 0.00000363. The van der Waals surface area contributed by atoms with Gasteiger partial charge in [0.05, 0.1) is 38.6 Å². The van der Waals surface area contributed by atoms with Gasteiger partial charge in [0.15, 0.2) is 5.96 Å². The molecule has 1 aromatic heterocycles. The summed E-state index contributed by atoms with van der Waals surface area (Å²) in [5.74, 6) is 0.893. The van der Waals surface area contributed by atoms with Crippen LogP contribution < -0.4 is 10.6 Å². The molecular formula is C23H43IN6O2. The number of nitrogens with zero attached hydrogens (tertiary/aromatic N) is 4. The van der Waals surface area contributed by atoms with E-state index >= 15 is 0 Å². The maximum absolute atomic E-state index is 5.62. The molecule has 32 heavy (non-hydrogen) atoms. The number of aliphatic imine (C=N–C) groups is 1. The number of nitrogens with one attached hydrogen (secondary N) is 2. The number of hydrogen-bond donors (Lipinski definition) is 2. The lowest BCUT2D eigenvalue weighted by atomic mass is 9.80. The number of aryl methyl sites for hydroxylation is 1. The minimum Gasteiger partial charge on any atom is -0.383 e. The molecule has 184 valence electrons. The standard InChI is InChI=1S/C23H42N6O2.HI/c1-5-24-22(25-17-21-19(2)27-29(20(21)3)13-14-30-4)26-18-23(9-7-6-8-10-23)28-11-15-31-16-12-28;/h5-18H2,1-4H3,(H2,24,25,26);1H. The molecule has 2 fully saturated rings. The van der Waals surface area contributed by atoms with E-state index < -0.39 is 0 Å². The molecule has 0 unspecified atom stereocenters.